The molecule has 106 valence electrons. The lowest BCUT2D eigenvalue weighted by atomic mass is 10.3. The Morgan fingerprint density at radius 3 is 2.62 bits per heavy atom. The van der Waals surface area contributed by atoms with E-state index in [-0.39, 0.29) is 6.10 Å². The largest absolute Gasteiger partial charge is 0.483 e. The summed E-state index contributed by atoms with van der Waals surface area (Å²) in [5, 5.41) is 0. The number of benzene rings is 2. The zero-order valence-electron chi connectivity index (χ0n) is 12.1. The van der Waals surface area contributed by atoms with Gasteiger partial charge in [0.1, 0.15) is 5.75 Å². The van der Waals surface area contributed by atoms with Crippen LogP contribution >= 0.6 is 0 Å². The van der Waals surface area contributed by atoms with Gasteiger partial charge in [-0.15, -0.1) is 6.58 Å². The zero-order chi connectivity index (χ0) is 14.7. The molecule has 0 bridgehead atoms. The number of rotatable bonds is 5. The molecule has 3 heteroatoms. The van der Waals surface area contributed by atoms with Crippen LogP contribution in [0.3, 0.4) is 0 Å². The summed E-state index contributed by atoms with van der Waals surface area (Å²) in [5.74, 6) is 1.77. The highest BCUT2D eigenvalue weighted by atomic mass is 16.5. The van der Waals surface area contributed by atoms with E-state index in [9.17, 15) is 0 Å². The number of nitrogens with zero attached hydrogens (tertiary/aromatic N) is 2. The second-order valence-electron chi connectivity index (χ2n) is 4.93. The Morgan fingerprint density at radius 1 is 1.14 bits per heavy atom. The molecule has 1 atom stereocenters. The molecule has 1 aromatic heterocycles. The van der Waals surface area contributed by atoms with E-state index in [2.05, 4.69) is 17.2 Å². The molecule has 0 amide bonds. The number of imidazole rings is 1. The lowest BCUT2D eigenvalue weighted by Gasteiger charge is -2.15. The van der Waals surface area contributed by atoms with Crippen molar-refractivity contribution in [3.05, 3.63) is 73.1 Å². The second kappa shape index (κ2) is 5.83. The van der Waals surface area contributed by atoms with Crippen molar-refractivity contribution in [3.63, 3.8) is 0 Å². The van der Waals surface area contributed by atoms with Crippen molar-refractivity contribution in [2.24, 2.45) is 0 Å². The number of hydrogen-bond donors (Lipinski definition) is 0. The van der Waals surface area contributed by atoms with Gasteiger partial charge >= 0.3 is 0 Å². The fourth-order valence-corrected chi connectivity index (χ4v) is 2.48. The minimum absolute atomic E-state index is 0.125. The summed E-state index contributed by atoms with van der Waals surface area (Å²) in [4.78, 5) is 4.72. The minimum atomic E-state index is -0.125. The Labute approximate surface area is 124 Å². The Kier molecular flexibility index (Phi) is 3.73. The van der Waals surface area contributed by atoms with Gasteiger partial charge in [-0.1, -0.05) is 36.4 Å². The molecule has 21 heavy (non-hydrogen) atoms. The van der Waals surface area contributed by atoms with E-state index in [1.54, 1.807) is 0 Å². The van der Waals surface area contributed by atoms with Crippen molar-refractivity contribution >= 4 is 11.0 Å². The molecule has 0 unspecified atom stereocenters. The summed E-state index contributed by atoms with van der Waals surface area (Å²) in [6, 6.07) is 17.9. The number of fused-ring (bicyclic) bond motifs is 1. The normalized spacial score (nSPS) is 12.2. The first kappa shape index (κ1) is 13.4. The van der Waals surface area contributed by atoms with Crippen LogP contribution in [-0.4, -0.2) is 9.55 Å². The summed E-state index contributed by atoms with van der Waals surface area (Å²) >= 11 is 0. The van der Waals surface area contributed by atoms with Gasteiger partial charge in [0.15, 0.2) is 11.9 Å². The molecule has 0 spiro atoms. The van der Waals surface area contributed by atoms with Crippen molar-refractivity contribution in [1.82, 2.24) is 9.55 Å². The van der Waals surface area contributed by atoms with Gasteiger partial charge in [-0.2, -0.15) is 0 Å². The van der Waals surface area contributed by atoms with Crippen LogP contribution in [0, 0.1) is 0 Å². The molecule has 0 aliphatic rings. The summed E-state index contributed by atoms with van der Waals surface area (Å²) < 4.78 is 8.15. The fraction of sp³-hybridized carbons (Fsp3) is 0.167. The van der Waals surface area contributed by atoms with Crippen LogP contribution < -0.4 is 4.74 Å². The first-order valence-electron chi connectivity index (χ1n) is 7.07. The molecular formula is C18H18N2O. The molecular weight excluding hydrogens is 260 g/mol. The highest BCUT2D eigenvalue weighted by molar-refractivity contribution is 5.76. The standard InChI is InChI=1S/C18H18N2O/c1-3-13-20-17-12-8-7-11-16(17)19-18(20)14(2)21-15-9-5-4-6-10-15/h3-12,14H,1,13H2,2H3/t14-/m1/s1. The Balaban J connectivity index is 1.98. The van der Waals surface area contributed by atoms with Gasteiger partial charge in [0.25, 0.3) is 0 Å². The van der Waals surface area contributed by atoms with E-state index in [1.165, 1.54) is 0 Å². The number of para-hydroxylation sites is 3. The maximum atomic E-state index is 6.00. The molecule has 2 aromatic carbocycles. The first-order valence-corrected chi connectivity index (χ1v) is 7.07. The van der Waals surface area contributed by atoms with E-state index in [0.717, 1.165) is 29.2 Å². The topological polar surface area (TPSA) is 27.1 Å². The van der Waals surface area contributed by atoms with Gasteiger partial charge in [-0.25, -0.2) is 4.98 Å². The van der Waals surface area contributed by atoms with Crippen molar-refractivity contribution in [3.8, 4) is 5.75 Å². The Bertz CT molecular complexity index is 746. The Hall–Kier alpha value is -2.55. The molecule has 3 nitrogen and oxygen atoms in total. The van der Waals surface area contributed by atoms with Crippen molar-refractivity contribution in [2.45, 2.75) is 19.6 Å². The van der Waals surface area contributed by atoms with Crippen LogP contribution in [0.1, 0.15) is 18.9 Å². The minimum Gasteiger partial charge on any atom is -0.483 e. The molecule has 0 fully saturated rings. The van der Waals surface area contributed by atoms with Crippen molar-refractivity contribution < 1.29 is 4.74 Å². The van der Waals surface area contributed by atoms with E-state index >= 15 is 0 Å². The molecule has 0 saturated carbocycles. The monoisotopic (exact) mass is 278 g/mol. The molecule has 0 N–H and O–H groups in total. The summed E-state index contributed by atoms with van der Waals surface area (Å²) in [5.41, 5.74) is 2.09. The third kappa shape index (κ3) is 2.68. The summed E-state index contributed by atoms with van der Waals surface area (Å²) in [6.07, 6.45) is 1.76. The highest BCUT2D eigenvalue weighted by Gasteiger charge is 2.17. The van der Waals surface area contributed by atoms with Crippen LogP contribution in [0.15, 0.2) is 67.3 Å². The number of aromatic nitrogens is 2. The predicted molar refractivity (Wildman–Crippen MR) is 85.4 cm³/mol. The fourth-order valence-electron chi connectivity index (χ4n) is 2.48. The van der Waals surface area contributed by atoms with Gasteiger partial charge in [0, 0.05) is 6.54 Å². The summed E-state index contributed by atoms with van der Waals surface area (Å²) in [6.45, 7) is 6.58. The first-order chi connectivity index (χ1) is 10.3. The lowest BCUT2D eigenvalue weighted by molar-refractivity contribution is 0.212. The molecule has 1 heterocycles. The van der Waals surface area contributed by atoms with Crippen molar-refractivity contribution in [2.75, 3.05) is 0 Å². The quantitative estimate of drug-likeness (QED) is 0.648. The van der Waals surface area contributed by atoms with Gasteiger partial charge in [0.05, 0.1) is 11.0 Å². The highest BCUT2D eigenvalue weighted by Crippen LogP contribution is 2.25. The zero-order valence-corrected chi connectivity index (χ0v) is 12.1. The van der Waals surface area contributed by atoms with E-state index < -0.39 is 0 Å². The SMILES string of the molecule is C=CCn1c([C@@H](C)Oc2ccccc2)nc2ccccc21. The van der Waals surface area contributed by atoms with Crippen LogP contribution in [0.2, 0.25) is 0 Å². The third-order valence-corrected chi connectivity index (χ3v) is 3.42. The molecule has 3 rings (SSSR count). The number of hydrogen-bond acceptors (Lipinski definition) is 2. The second-order valence-corrected chi connectivity index (χ2v) is 4.93. The van der Waals surface area contributed by atoms with Gasteiger partial charge in [-0.05, 0) is 31.2 Å². The van der Waals surface area contributed by atoms with Crippen LogP contribution in [-0.2, 0) is 6.54 Å². The van der Waals surface area contributed by atoms with Crippen LogP contribution in [0.4, 0.5) is 0 Å². The van der Waals surface area contributed by atoms with Gasteiger partial charge in [-0.3, -0.25) is 0 Å². The molecule has 0 aliphatic heterocycles. The molecule has 0 radical (unpaired) electrons. The van der Waals surface area contributed by atoms with Gasteiger partial charge in [0.2, 0.25) is 0 Å². The van der Waals surface area contributed by atoms with E-state index in [1.807, 2.05) is 61.5 Å². The van der Waals surface area contributed by atoms with Crippen LogP contribution in [0.25, 0.3) is 11.0 Å². The van der Waals surface area contributed by atoms with E-state index in [0.29, 0.717) is 0 Å². The maximum absolute atomic E-state index is 6.00. The van der Waals surface area contributed by atoms with Crippen LogP contribution in [0.5, 0.6) is 5.75 Å². The maximum Gasteiger partial charge on any atom is 0.153 e. The lowest BCUT2D eigenvalue weighted by Crippen LogP contribution is -2.11. The average Bonchev–Trinajstić information content (AvgIpc) is 2.88. The predicted octanol–water partition coefficient (Wildman–Crippen LogP) is 4.36. The molecule has 0 aliphatic carbocycles. The third-order valence-electron chi connectivity index (χ3n) is 3.42. The smallest absolute Gasteiger partial charge is 0.153 e. The van der Waals surface area contributed by atoms with E-state index in [4.69, 9.17) is 9.72 Å². The summed E-state index contributed by atoms with van der Waals surface area (Å²) in [7, 11) is 0. The number of ether oxygens (including phenoxy) is 1. The number of allylic oxidation sites excluding steroid dienone is 1. The average molecular weight is 278 g/mol. The molecule has 0 saturated heterocycles. The molecule has 3 aromatic rings. The Morgan fingerprint density at radius 2 is 1.86 bits per heavy atom. The van der Waals surface area contributed by atoms with Gasteiger partial charge < -0.3 is 9.30 Å². The van der Waals surface area contributed by atoms with Crippen molar-refractivity contribution in [1.29, 1.82) is 0 Å².